The number of halogens is 1. The van der Waals surface area contributed by atoms with Gasteiger partial charge in [-0.05, 0) is 0 Å². The molecule has 0 amide bonds. The summed E-state index contributed by atoms with van der Waals surface area (Å²) in [4.78, 5) is 9.57. The third-order valence-electron chi connectivity index (χ3n) is 1.23. The molecule has 0 radical (unpaired) electrons. The summed E-state index contributed by atoms with van der Waals surface area (Å²) < 4.78 is 0. The van der Waals surface area contributed by atoms with Gasteiger partial charge < -0.3 is 10.3 Å². The molecule has 0 aliphatic carbocycles. The van der Waals surface area contributed by atoms with E-state index in [0.29, 0.717) is 0 Å². The smallest absolute Gasteiger partial charge is 0.294 e. The van der Waals surface area contributed by atoms with Gasteiger partial charge in [-0.15, -0.1) is 0 Å². The van der Waals surface area contributed by atoms with Crippen LogP contribution in [0.5, 0.6) is 0 Å². The number of nitro groups is 1. The summed E-state index contributed by atoms with van der Waals surface area (Å²) in [7, 11) is 0. The average molecular weight is 177 g/mol. The Morgan fingerprint density at radius 2 is 2.36 bits per heavy atom. The molecule has 60 valence electrons. The molecule has 0 saturated carbocycles. The maximum absolute atomic E-state index is 10.6. The molecular formula is C5H5ClN2O3. The van der Waals surface area contributed by atoms with Gasteiger partial charge in [-0.2, -0.15) is 0 Å². The van der Waals surface area contributed by atoms with Gasteiger partial charge in [0.25, 0.3) is 5.70 Å². The largest absolute Gasteiger partial charge is 0.629 e. The molecule has 0 spiro atoms. The Morgan fingerprint density at radius 3 is 2.82 bits per heavy atom. The predicted molar refractivity (Wildman–Crippen MR) is 38.2 cm³/mol. The molecule has 1 atom stereocenters. The van der Waals surface area contributed by atoms with Crippen molar-refractivity contribution in [3.05, 3.63) is 38.3 Å². The van der Waals surface area contributed by atoms with Gasteiger partial charge in [0.05, 0.1) is 11.0 Å². The first-order valence-corrected chi connectivity index (χ1v) is 3.23. The van der Waals surface area contributed by atoms with Crippen molar-refractivity contribution in [1.82, 2.24) is 0 Å². The molecule has 1 rings (SSSR count). The molecular weight excluding hydrogens is 172 g/mol. The number of quaternary nitrogens is 1. The second kappa shape index (κ2) is 3.00. The van der Waals surface area contributed by atoms with Crippen LogP contribution in [0.1, 0.15) is 0 Å². The molecule has 0 aromatic carbocycles. The van der Waals surface area contributed by atoms with Gasteiger partial charge in [-0.1, -0.05) is 11.6 Å². The van der Waals surface area contributed by atoms with E-state index in [0.717, 1.165) is 12.3 Å². The second-order valence-corrected chi connectivity index (χ2v) is 2.48. The van der Waals surface area contributed by atoms with Gasteiger partial charge >= 0.3 is 0 Å². The van der Waals surface area contributed by atoms with E-state index in [-0.39, 0.29) is 22.3 Å². The summed E-state index contributed by atoms with van der Waals surface area (Å²) in [6.45, 7) is -0.0611. The summed E-state index contributed by atoms with van der Waals surface area (Å²) in [5, 5.41) is 20.6. The van der Waals surface area contributed by atoms with E-state index in [4.69, 9.17) is 11.6 Å². The van der Waals surface area contributed by atoms with Crippen LogP contribution in [0.2, 0.25) is 0 Å². The van der Waals surface area contributed by atoms with Crippen LogP contribution in [0.3, 0.4) is 0 Å². The first-order chi connectivity index (χ1) is 5.11. The van der Waals surface area contributed by atoms with Crippen LogP contribution < -0.4 is 5.06 Å². The topological polar surface area (TPSA) is 70.6 Å². The third-order valence-corrected chi connectivity index (χ3v) is 1.56. The fourth-order valence-corrected chi connectivity index (χ4v) is 0.988. The van der Waals surface area contributed by atoms with Crippen molar-refractivity contribution in [3.8, 4) is 0 Å². The van der Waals surface area contributed by atoms with Gasteiger partial charge in [0.15, 0.2) is 5.03 Å². The van der Waals surface area contributed by atoms with Gasteiger partial charge in [0.2, 0.25) is 0 Å². The zero-order valence-corrected chi connectivity index (χ0v) is 6.17. The number of hydroxylamine groups is 2. The molecule has 6 heteroatoms. The van der Waals surface area contributed by atoms with E-state index in [9.17, 15) is 15.3 Å². The van der Waals surface area contributed by atoms with E-state index in [1.54, 1.807) is 0 Å². The lowest BCUT2D eigenvalue weighted by molar-refractivity contribution is -0.786. The molecule has 0 aromatic heterocycles. The number of hydrogen-bond acceptors (Lipinski definition) is 3. The highest BCUT2D eigenvalue weighted by atomic mass is 35.5. The van der Waals surface area contributed by atoms with Crippen molar-refractivity contribution in [1.29, 1.82) is 0 Å². The lowest BCUT2D eigenvalue weighted by atomic mass is 10.3. The normalized spacial score (nSPS) is 24.0. The number of nitrogens with zero attached hydrogens (tertiary/aromatic N) is 1. The minimum absolute atomic E-state index is 0.00231. The number of nitrogens with one attached hydrogen (secondary N) is 1. The zero-order valence-electron chi connectivity index (χ0n) is 5.41. The summed E-state index contributed by atoms with van der Waals surface area (Å²) in [6, 6.07) is 0. The van der Waals surface area contributed by atoms with Crippen LogP contribution in [0.25, 0.3) is 0 Å². The van der Waals surface area contributed by atoms with Crippen LogP contribution >= 0.6 is 11.6 Å². The Labute approximate surface area is 67.3 Å². The minimum atomic E-state index is -0.606. The van der Waals surface area contributed by atoms with Crippen molar-refractivity contribution < 1.29 is 9.99 Å². The van der Waals surface area contributed by atoms with E-state index in [1.807, 2.05) is 0 Å². The molecule has 0 saturated heterocycles. The maximum Gasteiger partial charge on any atom is 0.294 e. The van der Waals surface area contributed by atoms with Crippen molar-refractivity contribution in [2.75, 3.05) is 6.54 Å². The fourth-order valence-electron chi connectivity index (χ4n) is 0.725. The Morgan fingerprint density at radius 1 is 1.73 bits per heavy atom. The number of rotatable bonds is 1. The van der Waals surface area contributed by atoms with Crippen LogP contribution in [-0.4, -0.2) is 11.5 Å². The highest BCUT2D eigenvalue weighted by molar-refractivity contribution is 6.30. The molecule has 1 N–H and O–H groups in total. The van der Waals surface area contributed by atoms with Gasteiger partial charge in [0, 0.05) is 0 Å². The quantitative estimate of drug-likeness (QED) is 0.337. The third kappa shape index (κ3) is 1.76. The van der Waals surface area contributed by atoms with Crippen molar-refractivity contribution >= 4 is 11.6 Å². The standard InChI is InChI=1S/C5H5ClN2O3/c6-4-3-7(9)2-1-5(4)8(10)11/h1-2,7H,3H2. The van der Waals surface area contributed by atoms with Crippen LogP contribution in [0.4, 0.5) is 0 Å². The molecule has 5 nitrogen and oxygen atoms in total. The predicted octanol–water partition coefficient (Wildman–Crippen LogP) is -0.377. The monoisotopic (exact) mass is 176 g/mol. The minimum Gasteiger partial charge on any atom is -0.629 e. The molecule has 11 heavy (non-hydrogen) atoms. The lowest BCUT2D eigenvalue weighted by Crippen LogP contribution is -3.02. The Balaban J connectivity index is 2.88. The fraction of sp³-hybridized carbons (Fsp3) is 0.200. The van der Waals surface area contributed by atoms with Gasteiger partial charge in [-0.25, -0.2) is 0 Å². The van der Waals surface area contributed by atoms with Crippen LogP contribution in [0, 0.1) is 15.3 Å². The molecule has 1 aliphatic rings. The first-order valence-electron chi connectivity index (χ1n) is 2.85. The van der Waals surface area contributed by atoms with E-state index in [2.05, 4.69) is 0 Å². The Bertz CT molecular complexity index is 248. The van der Waals surface area contributed by atoms with Crippen molar-refractivity contribution in [2.24, 2.45) is 0 Å². The Kier molecular flexibility index (Phi) is 2.23. The molecule has 1 aliphatic heterocycles. The van der Waals surface area contributed by atoms with E-state index in [1.165, 1.54) is 0 Å². The van der Waals surface area contributed by atoms with Crippen LogP contribution in [0.15, 0.2) is 23.0 Å². The molecule has 0 bridgehead atoms. The molecule has 1 unspecified atom stereocenters. The number of hydrogen-bond donors (Lipinski definition) is 1. The molecule has 0 aromatic rings. The summed E-state index contributed by atoms with van der Waals surface area (Å²) in [5.41, 5.74) is -0.189. The Hall–Kier alpha value is -0.910. The SMILES string of the molecule is O=[N+]([O-])C1=C(Cl)C[NH+]([O-])C=C1. The number of allylic oxidation sites excluding steroid dienone is 1. The highest BCUT2D eigenvalue weighted by Gasteiger charge is 2.20. The van der Waals surface area contributed by atoms with Gasteiger partial charge in [-0.3, -0.25) is 10.1 Å². The second-order valence-electron chi connectivity index (χ2n) is 2.02. The van der Waals surface area contributed by atoms with Crippen molar-refractivity contribution in [3.63, 3.8) is 0 Å². The van der Waals surface area contributed by atoms with Crippen LogP contribution in [-0.2, 0) is 0 Å². The summed E-state index contributed by atoms with van der Waals surface area (Å²) in [5.74, 6) is 0. The van der Waals surface area contributed by atoms with Gasteiger partial charge in [0.1, 0.15) is 12.7 Å². The lowest BCUT2D eigenvalue weighted by Gasteiger charge is -2.18. The van der Waals surface area contributed by atoms with E-state index >= 15 is 0 Å². The zero-order chi connectivity index (χ0) is 8.43. The summed E-state index contributed by atoms with van der Waals surface area (Å²) >= 11 is 5.44. The first kappa shape index (κ1) is 8.19. The average Bonchev–Trinajstić information content (AvgIpc) is 1.85. The van der Waals surface area contributed by atoms with E-state index < -0.39 is 4.92 Å². The maximum atomic E-state index is 10.6. The molecule has 0 fully saturated rings. The highest BCUT2D eigenvalue weighted by Crippen LogP contribution is 2.11. The molecule has 1 heterocycles. The van der Waals surface area contributed by atoms with Crippen molar-refractivity contribution in [2.45, 2.75) is 0 Å². The summed E-state index contributed by atoms with van der Waals surface area (Å²) in [6.07, 6.45) is 2.28.